The van der Waals surface area contributed by atoms with Crippen molar-refractivity contribution >= 4 is 34.5 Å². The normalized spacial score (nSPS) is 10.3. The second-order valence-electron chi connectivity index (χ2n) is 4.16. The molecule has 1 aromatic carbocycles. The fourth-order valence-electron chi connectivity index (χ4n) is 1.75. The maximum absolute atomic E-state index is 12.3. The van der Waals surface area contributed by atoms with Crippen LogP contribution in [0.3, 0.4) is 0 Å². The summed E-state index contributed by atoms with van der Waals surface area (Å²) in [6.07, 6.45) is 0. The van der Waals surface area contributed by atoms with Gasteiger partial charge in [0.1, 0.15) is 5.56 Å². The molecule has 0 saturated carbocycles. The molecule has 1 amide bonds. The lowest BCUT2D eigenvalue weighted by atomic mass is 10.1. The summed E-state index contributed by atoms with van der Waals surface area (Å²) < 4.78 is 0. The molecular weight excluding hydrogens is 300 g/mol. The molecular formula is C13H11ClN2O3S. The Morgan fingerprint density at radius 1 is 1.45 bits per heavy atom. The van der Waals surface area contributed by atoms with E-state index < -0.39 is 10.8 Å². The number of thiophene rings is 1. The van der Waals surface area contributed by atoms with Crippen LogP contribution in [-0.2, 0) is 6.54 Å². The molecule has 20 heavy (non-hydrogen) atoms. The molecule has 2 rings (SSSR count). The smallest absolute Gasteiger partial charge is 0.283 e. The van der Waals surface area contributed by atoms with E-state index in [9.17, 15) is 14.9 Å². The Labute approximate surface area is 124 Å². The number of carbonyl (C=O) groups excluding carboxylic acids is 1. The summed E-state index contributed by atoms with van der Waals surface area (Å²) in [6.45, 7) is 0.413. The zero-order valence-corrected chi connectivity index (χ0v) is 12.1. The van der Waals surface area contributed by atoms with Gasteiger partial charge in [-0.1, -0.05) is 17.7 Å². The minimum atomic E-state index is -0.599. The lowest BCUT2D eigenvalue weighted by Crippen LogP contribution is -2.26. The second-order valence-corrected chi connectivity index (χ2v) is 5.63. The van der Waals surface area contributed by atoms with E-state index in [0.29, 0.717) is 6.54 Å². The van der Waals surface area contributed by atoms with E-state index in [1.165, 1.54) is 34.4 Å². The van der Waals surface area contributed by atoms with Gasteiger partial charge in [-0.15, -0.1) is 11.3 Å². The quantitative estimate of drug-likeness (QED) is 0.640. The van der Waals surface area contributed by atoms with Crippen LogP contribution in [-0.4, -0.2) is 22.8 Å². The number of nitro benzene ring substituents is 1. The van der Waals surface area contributed by atoms with E-state index in [0.717, 1.165) is 4.88 Å². The molecule has 0 aliphatic rings. The van der Waals surface area contributed by atoms with Crippen molar-refractivity contribution in [1.82, 2.24) is 4.90 Å². The van der Waals surface area contributed by atoms with Gasteiger partial charge in [0.15, 0.2) is 0 Å². The van der Waals surface area contributed by atoms with Gasteiger partial charge in [-0.05, 0) is 23.6 Å². The number of hydrogen-bond donors (Lipinski definition) is 0. The van der Waals surface area contributed by atoms with Crippen molar-refractivity contribution < 1.29 is 9.72 Å². The molecule has 0 aliphatic carbocycles. The van der Waals surface area contributed by atoms with Crippen LogP contribution in [0.2, 0.25) is 5.02 Å². The predicted molar refractivity (Wildman–Crippen MR) is 78.2 cm³/mol. The van der Waals surface area contributed by atoms with Gasteiger partial charge in [0, 0.05) is 23.0 Å². The molecule has 2 aromatic rings. The van der Waals surface area contributed by atoms with Crippen LogP contribution in [0.25, 0.3) is 0 Å². The Morgan fingerprint density at radius 3 is 2.80 bits per heavy atom. The summed E-state index contributed by atoms with van der Waals surface area (Å²) in [4.78, 5) is 25.1. The Kier molecular flexibility index (Phi) is 4.36. The van der Waals surface area contributed by atoms with Gasteiger partial charge in [0.25, 0.3) is 11.6 Å². The second kappa shape index (κ2) is 6.02. The van der Waals surface area contributed by atoms with E-state index in [-0.39, 0.29) is 16.3 Å². The van der Waals surface area contributed by atoms with Crippen LogP contribution in [0.4, 0.5) is 5.69 Å². The lowest BCUT2D eigenvalue weighted by molar-refractivity contribution is -0.385. The largest absolute Gasteiger partial charge is 0.336 e. The molecule has 1 aromatic heterocycles. The lowest BCUT2D eigenvalue weighted by Gasteiger charge is -2.16. The highest BCUT2D eigenvalue weighted by atomic mass is 35.5. The molecule has 0 atom stereocenters. The maximum Gasteiger partial charge on any atom is 0.283 e. The van der Waals surface area contributed by atoms with Gasteiger partial charge >= 0.3 is 0 Å². The maximum atomic E-state index is 12.3. The summed E-state index contributed by atoms with van der Waals surface area (Å²) >= 11 is 7.26. The van der Waals surface area contributed by atoms with Crippen LogP contribution in [0.1, 0.15) is 15.2 Å². The zero-order chi connectivity index (χ0) is 14.7. The van der Waals surface area contributed by atoms with E-state index in [1.54, 1.807) is 7.05 Å². The molecule has 0 unspecified atom stereocenters. The molecule has 0 saturated heterocycles. The van der Waals surface area contributed by atoms with Crippen molar-refractivity contribution in [2.24, 2.45) is 0 Å². The standard InChI is InChI=1S/C13H11ClN2O3S/c1-15(8-10-3-2-6-20-10)13(17)11-5-4-9(14)7-12(11)16(18)19/h2-7H,8H2,1H3. The molecule has 0 bridgehead atoms. The highest BCUT2D eigenvalue weighted by molar-refractivity contribution is 7.09. The number of nitro groups is 1. The van der Waals surface area contributed by atoms with Crippen molar-refractivity contribution in [3.63, 3.8) is 0 Å². The Balaban J connectivity index is 2.26. The summed E-state index contributed by atoms with van der Waals surface area (Å²) in [5, 5.41) is 13.1. The Morgan fingerprint density at radius 2 is 2.20 bits per heavy atom. The van der Waals surface area contributed by atoms with Crippen molar-refractivity contribution in [2.45, 2.75) is 6.54 Å². The molecule has 7 heteroatoms. The highest BCUT2D eigenvalue weighted by Crippen LogP contribution is 2.25. The van der Waals surface area contributed by atoms with Crippen molar-refractivity contribution in [3.8, 4) is 0 Å². The summed E-state index contributed by atoms with van der Waals surface area (Å²) in [6, 6.07) is 7.84. The van der Waals surface area contributed by atoms with Crippen molar-refractivity contribution in [1.29, 1.82) is 0 Å². The minimum Gasteiger partial charge on any atom is -0.336 e. The Bertz CT molecular complexity index is 643. The zero-order valence-electron chi connectivity index (χ0n) is 10.6. The summed E-state index contributed by atoms with van der Waals surface area (Å²) in [5.74, 6) is -0.401. The van der Waals surface area contributed by atoms with Crippen LogP contribution in [0.5, 0.6) is 0 Å². The third-order valence-corrected chi connectivity index (χ3v) is 3.80. The average molecular weight is 311 g/mol. The highest BCUT2D eigenvalue weighted by Gasteiger charge is 2.23. The van der Waals surface area contributed by atoms with Crippen LogP contribution >= 0.6 is 22.9 Å². The average Bonchev–Trinajstić information content (AvgIpc) is 2.90. The third kappa shape index (κ3) is 3.15. The number of nitrogens with zero attached hydrogens (tertiary/aromatic N) is 2. The van der Waals surface area contributed by atoms with Gasteiger partial charge in [-0.25, -0.2) is 0 Å². The van der Waals surface area contributed by atoms with Gasteiger partial charge in [-0.3, -0.25) is 14.9 Å². The molecule has 0 radical (unpaired) electrons. The minimum absolute atomic E-state index is 0.0402. The van der Waals surface area contributed by atoms with Gasteiger partial charge in [0.2, 0.25) is 0 Å². The van der Waals surface area contributed by atoms with Crippen molar-refractivity contribution in [3.05, 3.63) is 61.3 Å². The molecule has 5 nitrogen and oxygen atoms in total. The predicted octanol–water partition coefficient (Wildman–Crippen LogP) is 3.58. The summed E-state index contributed by atoms with van der Waals surface area (Å²) in [5.41, 5.74) is -0.237. The number of rotatable bonds is 4. The molecule has 0 fully saturated rings. The number of benzene rings is 1. The number of halogens is 1. The van der Waals surface area contributed by atoms with Gasteiger partial charge < -0.3 is 4.90 Å². The summed E-state index contributed by atoms with van der Waals surface area (Å²) in [7, 11) is 1.61. The number of amides is 1. The van der Waals surface area contributed by atoms with Crippen LogP contribution < -0.4 is 0 Å². The molecule has 0 aliphatic heterocycles. The Hall–Kier alpha value is -1.92. The molecule has 104 valence electrons. The number of carbonyl (C=O) groups is 1. The molecule has 0 spiro atoms. The molecule has 0 N–H and O–H groups in total. The third-order valence-electron chi connectivity index (χ3n) is 2.71. The van der Waals surface area contributed by atoms with E-state index in [2.05, 4.69) is 0 Å². The SMILES string of the molecule is CN(Cc1cccs1)C(=O)c1ccc(Cl)cc1[N+](=O)[O-]. The first-order chi connectivity index (χ1) is 9.49. The van der Waals surface area contributed by atoms with Crippen LogP contribution in [0.15, 0.2) is 35.7 Å². The fourth-order valence-corrected chi connectivity index (χ4v) is 2.67. The van der Waals surface area contributed by atoms with Crippen molar-refractivity contribution in [2.75, 3.05) is 7.05 Å². The van der Waals surface area contributed by atoms with E-state index >= 15 is 0 Å². The first-order valence-corrected chi connectivity index (χ1v) is 6.96. The topological polar surface area (TPSA) is 63.5 Å². The van der Waals surface area contributed by atoms with Crippen LogP contribution in [0, 0.1) is 10.1 Å². The fraction of sp³-hybridized carbons (Fsp3) is 0.154. The van der Waals surface area contributed by atoms with Gasteiger partial charge in [0.05, 0.1) is 11.5 Å². The first-order valence-electron chi connectivity index (χ1n) is 5.71. The van der Waals surface area contributed by atoms with Gasteiger partial charge in [-0.2, -0.15) is 0 Å². The van der Waals surface area contributed by atoms with E-state index in [4.69, 9.17) is 11.6 Å². The first kappa shape index (κ1) is 14.5. The van der Waals surface area contributed by atoms with E-state index in [1.807, 2.05) is 17.5 Å². The number of hydrogen-bond acceptors (Lipinski definition) is 4. The molecule has 1 heterocycles. The monoisotopic (exact) mass is 310 g/mol.